The number of benzene rings is 2. The average Bonchev–Trinajstić information content (AvgIpc) is 3.27. The standard InChI is InChI=1S/C21H18N4O2S/c1-13-18(28-21(22-13)14-8-4-3-5-9-14)20(27)24-23-19(26)16-12-25(2)17-11-7-6-10-15(16)17/h3-12H,1-2H3,(H,23,26)(H,24,27). The molecule has 7 heteroatoms. The summed E-state index contributed by atoms with van der Waals surface area (Å²) in [5, 5.41) is 1.60. The van der Waals surface area contributed by atoms with Crippen molar-refractivity contribution in [2.75, 3.05) is 0 Å². The monoisotopic (exact) mass is 390 g/mol. The van der Waals surface area contributed by atoms with Gasteiger partial charge in [0.2, 0.25) is 0 Å². The molecule has 0 saturated carbocycles. The molecule has 0 atom stereocenters. The molecule has 0 aliphatic rings. The van der Waals surface area contributed by atoms with Gasteiger partial charge in [0.25, 0.3) is 11.8 Å². The van der Waals surface area contributed by atoms with Crippen LogP contribution >= 0.6 is 11.3 Å². The lowest BCUT2D eigenvalue weighted by atomic mass is 10.2. The number of carbonyl (C=O) groups excluding carboxylic acids is 2. The van der Waals surface area contributed by atoms with Crippen molar-refractivity contribution in [2.24, 2.45) is 7.05 Å². The molecule has 2 aromatic carbocycles. The van der Waals surface area contributed by atoms with E-state index < -0.39 is 0 Å². The van der Waals surface area contributed by atoms with E-state index in [0.717, 1.165) is 21.5 Å². The van der Waals surface area contributed by atoms with E-state index in [2.05, 4.69) is 15.8 Å². The second kappa shape index (κ2) is 7.28. The van der Waals surface area contributed by atoms with Crippen LogP contribution in [-0.4, -0.2) is 21.4 Å². The molecule has 28 heavy (non-hydrogen) atoms. The number of fused-ring (bicyclic) bond motifs is 1. The summed E-state index contributed by atoms with van der Waals surface area (Å²) in [6.45, 7) is 1.78. The molecule has 2 amide bonds. The predicted molar refractivity (Wildman–Crippen MR) is 110 cm³/mol. The molecule has 140 valence electrons. The van der Waals surface area contributed by atoms with Gasteiger partial charge in [0.15, 0.2) is 0 Å². The van der Waals surface area contributed by atoms with Crippen molar-refractivity contribution in [3.63, 3.8) is 0 Å². The largest absolute Gasteiger partial charge is 0.350 e. The van der Waals surface area contributed by atoms with Crippen molar-refractivity contribution in [3.8, 4) is 10.6 Å². The second-order valence-electron chi connectivity index (χ2n) is 6.38. The smallest absolute Gasteiger partial charge is 0.281 e. The number of hydrogen-bond acceptors (Lipinski definition) is 4. The molecule has 4 rings (SSSR count). The highest BCUT2D eigenvalue weighted by molar-refractivity contribution is 7.17. The number of nitrogens with one attached hydrogen (secondary N) is 2. The van der Waals surface area contributed by atoms with Crippen molar-refractivity contribution < 1.29 is 9.59 Å². The van der Waals surface area contributed by atoms with Gasteiger partial charge in [-0.3, -0.25) is 20.4 Å². The lowest BCUT2D eigenvalue weighted by Gasteiger charge is -2.05. The van der Waals surface area contributed by atoms with E-state index >= 15 is 0 Å². The van der Waals surface area contributed by atoms with Crippen LogP contribution in [0.15, 0.2) is 60.8 Å². The molecular formula is C21H18N4O2S. The highest BCUT2D eigenvalue weighted by atomic mass is 32.1. The number of thiazole rings is 1. The van der Waals surface area contributed by atoms with E-state index in [0.29, 0.717) is 16.1 Å². The summed E-state index contributed by atoms with van der Waals surface area (Å²) in [6, 6.07) is 17.3. The third-order valence-corrected chi connectivity index (χ3v) is 5.66. The first-order chi connectivity index (χ1) is 13.5. The topological polar surface area (TPSA) is 76.0 Å². The Kier molecular flexibility index (Phi) is 4.67. The Hall–Kier alpha value is -3.45. The van der Waals surface area contributed by atoms with E-state index in [1.54, 1.807) is 13.1 Å². The molecule has 2 N–H and O–H groups in total. The van der Waals surface area contributed by atoms with Crippen LogP contribution in [0.4, 0.5) is 0 Å². The third-order valence-electron chi connectivity index (χ3n) is 4.45. The van der Waals surface area contributed by atoms with Gasteiger partial charge < -0.3 is 4.57 Å². The molecule has 2 heterocycles. The maximum Gasteiger partial charge on any atom is 0.281 e. The van der Waals surface area contributed by atoms with Gasteiger partial charge in [0.05, 0.1) is 11.3 Å². The molecule has 0 spiro atoms. The Bertz CT molecular complexity index is 1180. The minimum Gasteiger partial charge on any atom is -0.350 e. The average molecular weight is 390 g/mol. The summed E-state index contributed by atoms with van der Waals surface area (Å²) in [5.74, 6) is -0.749. The quantitative estimate of drug-likeness (QED) is 0.524. The number of hydrogen-bond donors (Lipinski definition) is 2. The molecular weight excluding hydrogens is 372 g/mol. The van der Waals surface area contributed by atoms with Gasteiger partial charge in [-0.2, -0.15) is 0 Å². The van der Waals surface area contributed by atoms with Crippen molar-refractivity contribution in [1.29, 1.82) is 0 Å². The van der Waals surface area contributed by atoms with E-state index in [1.165, 1.54) is 11.3 Å². The van der Waals surface area contributed by atoms with Gasteiger partial charge in [-0.05, 0) is 13.0 Å². The fraction of sp³-hybridized carbons (Fsp3) is 0.0952. The molecule has 0 radical (unpaired) electrons. The first-order valence-electron chi connectivity index (χ1n) is 8.72. The zero-order valence-corrected chi connectivity index (χ0v) is 16.2. The first kappa shape index (κ1) is 17.9. The fourth-order valence-corrected chi connectivity index (χ4v) is 4.04. The number of aromatic nitrogens is 2. The summed E-state index contributed by atoms with van der Waals surface area (Å²) in [6.07, 6.45) is 1.75. The number of hydrazine groups is 1. The van der Waals surface area contributed by atoms with E-state index in [9.17, 15) is 9.59 Å². The lowest BCUT2D eigenvalue weighted by molar-refractivity contribution is 0.0849. The normalized spacial score (nSPS) is 10.8. The number of aryl methyl sites for hydroxylation is 2. The van der Waals surface area contributed by atoms with Gasteiger partial charge in [-0.15, -0.1) is 11.3 Å². The van der Waals surface area contributed by atoms with Crippen LogP contribution in [0.5, 0.6) is 0 Å². The fourth-order valence-electron chi connectivity index (χ4n) is 3.07. The highest BCUT2D eigenvalue weighted by Gasteiger charge is 2.18. The van der Waals surface area contributed by atoms with Crippen LogP contribution in [0.25, 0.3) is 21.5 Å². The summed E-state index contributed by atoms with van der Waals surface area (Å²) in [4.78, 5) is 30.1. The molecule has 0 aliphatic carbocycles. The van der Waals surface area contributed by atoms with Crippen molar-refractivity contribution in [1.82, 2.24) is 20.4 Å². The minimum atomic E-state index is -0.384. The minimum absolute atomic E-state index is 0.365. The summed E-state index contributed by atoms with van der Waals surface area (Å²) in [5.41, 5.74) is 8.04. The predicted octanol–water partition coefficient (Wildman–Crippen LogP) is 3.69. The molecule has 0 bridgehead atoms. The molecule has 6 nitrogen and oxygen atoms in total. The number of para-hydroxylation sites is 1. The van der Waals surface area contributed by atoms with E-state index in [4.69, 9.17) is 0 Å². The number of carbonyl (C=O) groups is 2. The highest BCUT2D eigenvalue weighted by Crippen LogP contribution is 2.27. The van der Waals surface area contributed by atoms with Crippen LogP contribution in [0.3, 0.4) is 0 Å². The number of rotatable bonds is 3. The maximum absolute atomic E-state index is 12.6. The Morgan fingerprint density at radius 2 is 1.64 bits per heavy atom. The van der Waals surface area contributed by atoms with Crippen LogP contribution in [0.1, 0.15) is 25.7 Å². The van der Waals surface area contributed by atoms with Gasteiger partial charge in [-0.1, -0.05) is 48.5 Å². The van der Waals surface area contributed by atoms with Crippen molar-refractivity contribution in [3.05, 3.63) is 76.9 Å². The molecule has 0 fully saturated rings. The Labute approximate surface area is 165 Å². The molecule has 2 aromatic heterocycles. The van der Waals surface area contributed by atoms with Crippen LogP contribution < -0.4 is 10.9 Å². The van der Waals surface area contributed by atoms with Crippen LogP contribution in [-0.2, 0) is 7.05 Å². The Morgan fingerprint density at radius 1 is 0.964 bits per heavy atom. The van der Waals surface area contributed by atoms with Gasteiger partial charge in [0, 0.05) is 29.7 Å². The summed E-state index contributed by atoms with van der Waals surface area (Å²) in [7, 11) is 1.88. The Balaban J connectivity index is 1.50. The second-order valence-corrected chi connectivity index (χ2v) is 7.38. The van der Waals surface area contributed by atoms with Crippen molar-refractivity contribution in [2.45, 2.75) is 6.92 Å². The van der Waals surface area contributed by atoms with Gasteiger partial charge >= 0.3 is 0 Å². The summed E-state index contributed by atoms with van der Waals surface area (Å²) < 4.78 is 1.88. The number of amides is 2. The lowest BCUT2D eigenvalue weighted by Crippen LogP contribution is -2.41. The Morgan fingerprint density at radius 3 is 2.43 bits per heavy atom. The zero-order chi connectivity index (χ0) is 19.7. The van der Waals surface area contributed by atoms with Gasteiger partial charge in [-0.25, -0.2) is 4.98 Å². The SMILES string of the molecule is Cc1nc(-c2ccccc2)sc1C(=O)NNC(=O)c1cn(C)c2ccccc12. The third kappa shape index (κ3) is 3.27. The van der Waals surface area contributed by atoms with E-state index in [-0.39, 0.29) is 11.8 Å². The number of nitrogens with zero attached hydrogens (tertiary/aromatic N) is 2. The summed E-state index contributed by atoms with van der Waals surface area (Å²) >= 11 is 1.30. The molecule has 0 saturated heterocycles. The maximum atomic E-state index is 12.6. The zero-order valence-electron chi connectivity index (χ0n) is 15.4. The van der Waals surface area contributed by atoms with E-state index in [1.807, 2.05) is 66.2 Å². The molecule has 0 aliphatic heterocycles. The molecule has 0 unspecified atom stereocenters. The van der Waals surface area contributed by atoms with Crippen LogP contribution in [0.2, 0.25) is 0 Å². The first-order valence-corrected chi connectivity index (χ1v) is 9.54. The van der Waals surface area contributed by atoms with Crippen LogP contribution in [0, 0.1) is 6.92 Å². The van der Waals surface area contributed by atoms with Gasteiger partial charge in [0.1, 0.15) is 9.88 Å². The van der Waals surface area contributed by atoms with Crippen molar-refractivity contribution >= 4 is 34.1 Å². The molecule has 4 aromatic rings.